The van der Waals surface area contributed by atoms with Gasteiger partial charge in [0.15, 0.2) is 0 Å². The van der Waals surface area contributed by atoms with Crippen LogP contribution in [0.4, 0.5) is 0 Å². The Labute approximate surface area is 173 Å². The second-order valence-corrected chi connectivity index (χ2v) is 7.89. The maximum atomic E-state index is 12.7. The molecule has 4 N–H and O–H groups in total. The van der Waals surface area contributed by atoms with Crippen molar-refractivity contribution in [1.82, 2.24) is 21.3 Å². The van der Waals surface area contributed by atoms with E-state index in [1.54, 1.807) is 0 Å². The minimum atomic E-state index is 0.127. The fourth-order valence-electron chi connectivity index (χ4n) is 3.79. The first-order valence-electron chi connectivity index (χ1n) is 10.5. The Morgan fingerprint density at radius 1 is 0.552 bits per heavy atom. The van der Waals surface area contributed by atoms with Crippen molar-refractivity contribution in [1.29, 1.82) is 0 Å². The highest BCUT2D eigenvalue weighted by Gasteiger charge is 2.05. The van der Waals surface area contributed by atoms with Gasteiger partial charge in [-0.25, -0.2) is 0 Å². The molecule has 0 amide bonds. The summed E-state index contributed by atoms with van der Waals surface area (Å²) in [6.45, 7) is 9.45. The van der Waals surface area contributed by atoms with Gasteiger partial charge >= 0.3 is 0 Å². The minimum Gasteiger partial charge on any atom is -0.872 e. The Kier molecular flexibility index (Phi) is 7.89. The molecule has 2 aromatic rings. The van der Waals surface area contributed by atoms with Gasteiger partial charge < -0.3 is 31.5 Å². The smallest absolute Gasteiger partial charge is 0.0200 e. The molecule has 3 rings (SSSR count). The van der Waals surface area contributed by atoms with Crippen LogP contribution in [-0.2, 0) is 26.2 Å². The van der Waals surface area contributed by atoms with Gasteiger partial charge in [-0.3, -0.25) is 0 Å². The van der Waals surface area contributed by atoms with Gasteiger partial charge in [-0.1, -0.05) is 46.9 Å². The summed E-state index contributed by atoms with van der Waals surface area (Å²) >= 11 is 0. The highest BCUT2D eigenvalue weighted by molar-refractivity contribution is 5.43. The highest BCUT2D eigenvalue weighted by Crippen LogP contribution is 2.23. The molecule has 1 aliphatic rings. The topological polar surface area (TPSA) is 94.2 Å². The van der Waals surface area contributed by atoms with E-state index in [2.05, 4.69) is 21.3 Å². The minimum absolute atomic E-state index is 0.127. The van der Waals surface area contributed by atoms with Crippen LogP contribution in [0.15, 0.2) is 24.3 Å². The van der Waals surface area contributed by atoms with Crippen molar-refractivity contribution in [3.05, 3.63) is 57.6 Å². The largest absolute Gasteiger partial charge is 0.872 e. The van der Waals surface area contributed by atoms with E-state index in [0.29, 0.717) is 26.2 Å². The monoisotopic (exact) mass is 396 g/mol. The second kappa shape index (κ2) is 10.6. The summed E-state index contributed by atoms with van der Waals surface area (Å²) in [5, 5.41) is 38.8. The van der Waals surface area contributed by atoms with Gasteiger partial charge in [0.2, 0.25) is 0 Å². The lowest BCUT2D eigenvalue weighted by Crippen LogP contribution is -2.27. The summed E-state index contributed by atoms with van der Waals surface area (Å²) in [4.78, 5) is 0. The third kappa shape index (κ3) is 6.18. The fraction of sp³-hybridized carbons (Fsp3) is 0.478. The molecule has 6 heteroatoms. The van der Waals surface area contributed by atoms with Crippen LogP contribution in [0.1, 0.15) is 39.8 Å². The third-order valence-corrected chi connectivity index (χ3v) is 5.22. The summed E-state index contributed by atoms with van der Waals surface area (Å²) in [5.74, 6) is 0.254. The Hall–Kier alpha value is -2.12. The molecule has 1 heterocycles. The van der Waals surface area contributed by atoms with Gasteiger partial charge in [-0.05, 0) is 55.6 Å². The predicted octanol–water partition coefficient (Wildman–Crippen LogP) is 0.913. The van der Waals surface area contributed by atoms with Crippen molar-refractivity contribution in [2.45, 2.75) is 46.4 Å². The molecule has 0 saturated heterocycles. The molecule has 4 bridgehead atoms. The number of benzene rings is 2. The quantitative estimate of drug-likeness (QED) is 0.529. The zero-order chi connectivity index (χ0) is 20.6. The van der Waals surface area contributed by atoms with Gasteiger partial charge in [0.1, 0.15) is 0 Å². The number of nitrogens with one attached hydrogen (secondary N) is 4. The Morgan fingerprint density at radius 3 is 1.21 bits per heavy atom. The van der Waals surface area contributed by atoms with E-state index in [-0.39, 0.29) is 11.5 Å². The standard InChI is InChI=1S/C23H34N4O2/c1-16-8-18-12-24-4-3-5-25-13-19-9-17(2)11-21(23(19)29)15-27-7-6-26-14-20(10-16)22(18)28/h8-11,24-29H,3-7,12-15H2,1-2H3/p-2. The number of hydrogen-bond acceptors (Lipinski definition) is 6. The van der Waals surface area contributed by atoms with E-state index in [0.717, 1.165) is 66.0 Å². The van der Waals surface area contributed by atoms with Gasteiger partial charge in [0.05, 0.1) is 0 Å². The molecular weight excluding hydrogens is 364 g/mol. The summed E-state index contributed by atoms with van der Waals surface area (Å²) in [6.07, 6.45) is 0.933. The molecule has 0 fully saturated rings. The maximum Gasteiger partial charge on any atom is 0.0200 e. The first-order valence-corrected chi connectivity index (χ1v) is 10.5. The summed E-state index contributed by atoms with van der Waals surface area (Å²) in [6, 6.07) is 7.89. The molecule has 158 valence electrons. The van der Waals surface area contributed by atoms with Crippen LogP contribution in [0.5, 0.6) is 11.5 Å². The lowest BCUT2D eigenvalue weighted by molar-refractivity contribution is -0.271. The SMILES string of the molecule is Cc1cc2c([O-])c(c1)CNCCNCc1cc(C)cc(c1[O-])CNCCCNC2. The van der Waals surface area contributed by atoms with E-state index in [9.17, 15) is 10.2 Å². The van der Waals surface area contributed by atoms with Crippen LogP contribution in [0.3, 0.4) is 0 Å². The summed E-state index contributed by atoms with van der Waals surface area (Å²) < 4.78 is 0. The number of rotatable bonds is 0. The molecule has 2 aromatic carbocycles. The van der Waals surface area contributed by atoms with Crippen LogP contribution in [0.25, 0.3) is 0 Å². The first kappa shape index (κ1) is 21.6. The van der Waals surface area contributed by atoms with Gasteiger partial charge in [-0.15, -0.1) is 0 Å². The summed E-state index contributed by atoms with van der Waals surface area (Å²) in [5.41, 5.74) is 5.50. The lowest BCUT2D eigenvalue weighted by atomic mass is 10.0. The molecule has 6 nitrogen and oxygen atoms in total. The van der Waals surface area contributed by atoms with Crippen molar-refractivity contribution in [2.75, 3.05) is 26.2 Å². The Balaban J connectivity index is 1.69. The fourth-order valence-corrected chi connectivity index (χ4v) is 3.79. The zero-order valence-electron chi connectivity index (χ0n) is 17.5. The molecular formula is C23H32N4O2-2. The van der Waals surface area contributed by atoms with Crippen molar-refractivity contribution >= 4 is 0 Å². The molecule has 0 radical (unpaired) electrons. The number of fused-ring (bicyclic) bond motifs is 4. The van der Waals surface area contributed by atoms with Crippen molar-refractivity contribution < 1.29 is 10.2 Å². The van der Waals surface area contributed by atoms with Crippen molar-refractivity contribution in [3.63, 3.8) is 0 Å². The van der Waals surface area contributed by atoms with Crippen molar-refractivity contribution in [3.8, 4) is 11.5 Å². The molecule has 0 aliphatic carbocycles. The highest BCUT2D eigenvalue weighted by atomic mass is 16.3. The maximum absolute atomic E-state index is 12.7. The Bertz CT molecular complexity index is 756. The van der Waals surface area contributed by atoms with Crippen LogP contribution < -0.4 is 31.5 Å². The molecule has 1 aliphatic heterocycles. The summed E-state index contributed by atoms with van der Waals surface area (Å²) in [7, 11) is 0. The van der Waals surface area contributed by atoms with E-state index in [1.165, 1.54) is 0 Å². The number of hydrogen-bond donors (Lipinski definition) is 4. The molecule has 0 atom stereocenters. The van der Waals surface area contributed by atoms with Gasteiger partial charge in [0.25, 0.3) is 0 Å². The Morgan fingerprint density at radius 2 is 0.862 bits per heavy atom. The molecule has 0 aromatic heterocycles. The van der Waals surface area contributed by atoms with E-state index < -0.39 is 0 Å². The van der Waals surface area contributed by atoms with Crippen LogP contribution in [0, 0.1) is 13.8 Å². The average Bonchev–Trinajstić information content (AvgIpc) is 2.68. The van der Waals surface area contributed by atoms with Crippen molar-refractivity contribution in [2.24, 2.45) is 0 Å². The van der Waals surface area contributed by atoms with Crippen LogP contribution >= 0.6 is 0 Å². The van der Waals surface area contributed by atoms with E-state index in [4.69, 9.17) is 0 Å². The average molecular weight is 397 g/mol. The predicted molar refractivity (Wildman–Crippen MR) is 113 cm³/mol. The lowest BCUT2D eigenvalue weighted by Gasteiger charge is -2.21. The first-order chi connectivity index (χ1) is 14.0. The van der Waals surface area contributed by atoms with E-state index in [1.807, 2.05) is 38.1 Å². The zero-order valence-corrected chi connectivity index (χ0v) is 17.5. The normalized spacial score (nSPS) is 17.2. The third-order valence-electron chi connectivity index (χ3n) is 5.22. The molecule has 0 unspecified atom stereocenters. The number of aryl methyl sites for hydroxylation is 2. The molecule has 0 spiro atoms. The molecule has 29 heavy (non-hydrogen) atoms. The van der Waals surface area contributed by atoms with Crippen LogP contribution in [-0.4, -0.2) is 26.2 Å². The van der Waals surface area contributed by atoms with Crippen LogP contribution in [0.2, 0.25) is 0 Å². The molecule has 0 saturated carbocycles. The van der Waals surface area contributed by atoms with Gasteiger partial charge in [0, 0.05) is 39.3 Å². The van der Waals surface area contributed by atoms with E-state index >= 15 is 0 Å². The second-order valence-electron chi connectivity index (χ2n) is 7.89. The van der Waals surface area contributed by atoms with Gasteiger partial charge in [-0.2, -0.15) is 0 Å².